The largest absolute Gasteiger partial charge is 0.382 e. The predicted octanol–water partition coefficient (Wildman–Crippen LogP) is 1.80. The van der Waals surface area contributed by atoms with Crippen molar-refractivity contribution in [1.29, 1.82) is 0 Å². The van der Waals surface area contributed by atoms with Crippen LogP contribution >= 0.6 is 0 Å². The van der Waals surface area contributed by atoms with E-state index in [0.29, 0.717) is 32.4 Å². The highest BCUT2D eigenvalue weighted by atomic mass is 16.5. The molecule has 1 unspecified atom stereocenters. The van der Waals surface area contributed by atoms with E-state index in [1.165, 1.54) is 49.8 Å². The third kappa shape index (κ3) is 4.05. The van der Waals surface area contributed by atoms with E-state index in [4.69, 9.17) is 10.5 Å². The smallest absolute Gasteiger partial charge is 0.116 e. The zero-order valence-corrected chi connectivity index (χ0v) is 16.6. The normalized spacial score (nSPS) is 33.7. The molecule has 3 saturated heterocycles. The zero-order chi connectivity index (χ0) is 19.6. The number of piperidine rings is 3. The van der Waals surface area contributed by atoms with E-state index in [1.807, 2.05) is 18.2 Å². The first-order valence-corrected chi connectivity index (χ1v) is 10.9. The molecule has 3 N–H and O–H groups in total. The number of aliphatic hydroxyl groups is 1. The number of benzene rings is 1. The van der Waals surface area contributed by atoms with Gasteiger partial charge in [0.25, 0.3) is 0 Å². The van der Waals surface area contributed by atoms with Gasteiger partial charge in [-0.25, -0.2) is 0 Å². The Kier molecular flexibility index (Phi) is 6.17. The minimum Gasteiger partial charge on any atom is -0.382 e. The van der Waals surface area contributed by atoms with Crippen LogP contribution in [0.2, 0.25) is 5.82 Å². The molecule has 4 fully saturated rings. The van der Waals surface area contributed by atoms with Gasteiger partial charge < -0.3 is 20.1 Å². The van der Waals surface area contributed by atoms with Crippen LogP contribution < -0.4 is 5.73 Å². The summed E-state index contributed by atoms with van der Waals surface area (Å²) in [6, 6.07) is 10.3. The molecular formula is C23H39BN2O2. The molecule has 5 rings (SSSR count). The molecule has 5 heteroatoms. The Morgan fingerprint density at radius 1 is 1.14 bits per heavy atom. The number of fused-ring (bicyclic) bond motifs is 3. The molecule has 0 amide bonds. The van der Waals surface area contributed by atoms with Crippen LogP contribution in [0.4, 0.5) is 0 Å². The average Bonchev–Trinajstić information content (AvgIpc) is 3.29. The highest BCUT2D eigenvalue weighted by Crippen LogP contribution is 2.42. The van der Waals surface area contributed by atoms with Gasteiger partial charge in [-0.2, -0.15) is 0 Å². The third-order valence-corrected chi connectivity index (χ3v) is 7.55. The Morgan fingerprint density at radius 3 is 2.46 bits per heavy atom. The monoisotopic (exact) mass is 386 g/mol. The van der Waals surface area contributed by atoms with Crippen LogP contribution in [0.3, 0.4) is 0 Å². The summed E-state index contributed by atoms with van der Waals surface area (Å²) >= 11 is 0. The second kappa shape index (κ2) is 8.47. The fourth-order valence-electron chi connectivity index (χ4n) is 5.82. The first-order chi connectivity index (χ1) is 13.5. The van der Waals surface area contributed by atoms with Crippen molar-refractivity contribution in [2.24, 2.45) is 17.6 Å². The van der Waals surface area contributed by atoms with Gasteiger partial charge in [0.2, 0.25) is 0 Å². The van der Waals surface area contributed by atoms with Crippen LogP contribution in [-0.4, -0.2) is 62.9 Å². The summed E-state index contributed by atoms with van der Waals surface area (Å²) in [5.74, 6) is 1.83. The molecule has 1 aromatic carbocycles. The van der Waals surface area contributed by atoms with Gasteiger partial charge in [-0.1, -0.05) is 43.2 Å². The van der Waals surface area contributed by atoms with Crippen LogP contribution in [0.25, 0.3) is 0 Å². The van der Waals surface area contributed by atoms with Crippen molar-refractivity contribution in [2.75, 3.05) is 39.3 Å². The molecule has 3 aliphatic heterocycles. The van der Waals surface area contributed by atoms with Crippen LogP contribution in [0.1, 0.15) is 44.1 Å². The standard InChI is InChI=1S/C23H39BN2O2/c24-21(14-25)15-26-12-10-18(11-13-26)22(16-26)28-17-23(27,20-8-4-5-9-20)19-6-2-1-3-7-19/h1-3,6-7,18,20-22,27H,4-5,8-17,25H2,24H3/t18?,21?,22-,23+,26?/m1/s1. The fourth-order valence-corrected chi connectivity index (χ4v) is 5.82. The lowest BCUT2D eigenvalue weighted by Crippen LogP contribution is -2.65. The molecular weight excluding hydrogens is 347 g/mol. The average molecular weight is 386 g/mol. The van der Waals surface area contributed by atoms with Gasteiger partial charge in [-0.05, 0) is 38.7 Å². The van der Waals surface area contributed by atoms with Gasteiger partial charge >= 0.3 is 0 Å². The van der Waals surface area contributed by atoms with Gasteiger partial charge in [0.05, 0.1) is 19.7 Å². The summed E-state index contributed by atoms with van der Waals surface area (Å²) in [5.41, 5.74) is 6.19. The first-order valence-electron chi connectivity index (χ1n) is 10.9. The van der Waals surface area contributed by atoms with E-state index >= 15 is 0 Å². The van der Waals surface area contributed by atoms with E-state index in [2.05, 4.69) is 12.1 Å². The van der Waals surface area contributed by atoms with Crippen molar-refractivity contribution < 1.29 is 14.3 Å². The molecule has 0 aromatic heterocycles. The lowest BCUT2D eigenvalue weighted by atomic mass is 9.78. The zero-order valence-electron chi connectivity index (χ0n) is 16.6. The summed E-state index contributed by atoms with van der Waals surface area (Å²) in [6.45, 7) is 6.40. The maximum Gasteiger partial charge on any atom is 0.116 e. The lowest BCUT2D eigenvalue weighted by molar-refractivity contribution is -0.946. The minimum atomic E-state index is -0.836. The number of quaternary nitrogens is 1. The molecule has 3 atom stereocenters. The van der Waals surface area contributed by atoms with Crippen molar-refractivity contribution in [2.45, 2.75) is 56.0 Å². The maximum atomic E-state index is 11.8. The predicted molar refractivity (Wildman–Crippen MR) is 117 cm³/mol. The van der Waals surface area contributed by atoms with Gasteiger partial charge in [-0.15, -0.1) is 5.82 Å². The molecule has 1 aliphatic carbocycles. The Labute approximate surface area is 171 Å². The van der Waals surface area contributed by atoms with Crippen molar-refractivity contribution in [3.8, 4) is 0 Å². The van der Waals surface area contributed by atoms with Gasteiger partial charge in [-0.3, -0.25) is 0 Å². The molecule has 156 valence electrons. The number of rotatable bonds is 8. The maximum absolute atomic E-state index is 11.8. The minimum absolute atomic E-state index is 0.309. The lowest BCUT2D eigenvalue weighted by Gasteiger charge is -2.54. The summed E-state index contributed by atoms with van der Waals surface area (Å²) < 4.78 is 7.85. The van der Waals surface area contributed by atoms with Crippen LogP contribution in [-0.2, 0) is 10.3 Å². The Morgan fingerprint density at radius 2 is 1.82 bits per heavy atom. The second-order valence-corrected chi connectivity index (χ2v) is 9.14. The molecule has 4 nitrogen and oxygen atoms in total. The summed E-state index contributed by atoms with van der Waals surface area (Å²) in [5, 5.41) is 11.8. The third-order valence-electron chi connectivity index (χ3n) is 7.55. The van der Waals surface area contributed by atoms with Crippen LogP contribution in [0.5, 0.6) is 0 Å². The molecule has 3 heterocycles. The van der Waals surface area contributed by atoms with Crippen LogP contribution in [0.15, 0.2) is 30.3 Å². The molecule has 28 heavy (non-hydrogen) atoms. The fraction of sp³-hybridized carbons (Fsp3) is 0.739. The van der Waals surface area contributed by atoms with E-state index in [1.54, 1.807) is 0 Å². The van der Waals surface area contributed by atoms with Crippen LogP contribution in [0, 0.1) is 11.8 Å². The van der Waals surface area contributed by atoms with E-state index < -0.39 is 5.60 Å². The van der Waals surface area contributed by atoms with Crippen molar-refractivity contribution in [3.63, 3.8) is 0 Å². The molecule has 0 radical (unpaired) electrons. The molecule has 2 bridgehead atoms. The molecule has 1 saturated carbocycles. The molecule has 1 aromatic rings. The first kappa shape index (κ1) is 20.4. The number of hydrogen-bond donors (Lipinski definition) is 2. The highest BCUT2D eigenvalue weighted by Gasteiger charge is 2.48. The number of ether oxygens (including phenoxy) is 1. The second-order valence-electron chi connectivity index (χ2n) is 9.14. The summed E-state index contributed by atoms with van der Waals surface area (Å²) in [6.07, 6.45) is 7.58. The van der Waals surface area contributed by atoms with Gasteiger partial charge in [0.1, 0.15) is 18.2 Å². The Balaban J connectivity index is 1.47. The number of nitrogens with zero attached hydrogens (tertiary/aromatic N) is 1. The van der Waals surface area contributed by atoms with E-state index in [0.717, 1.165) is 37.3 Å². The molecule has 0 spiro atoms. The van der Waals surface area contributed by atoms with Gasteiger partial charge in [0, 0.05) is 25.3 Å². The summed E-state index contributed by atoms with van der Waals surface area (Å²) in [4.78, 5) is 0. The van der Waals surface area contributed by atoms with E-state index in [9.17, 15) is 5.11 Å². The highest BCUT2D eigenvalue weighted by molar-refractivity contribution is 6.11. The number of nitrogens with two attached hydrogens (primary N) is 1. The summed E-state index contributed by atoms with van der Waals surface area (Å²) in [7, 11) is 0.310. The number of hydrogen-bond acceptors (Lipinski definition) is 3. The van der Waals surface area contributed by atoms with E-state index in [-0.39, 0.29) is 0 Å². The Hall–Kier alpha value is -0.875. The van der Waals surface area contributed by atoms with Crippen molar-refractivity contribution in [1.82, 2.24) is 0 Å². The Bertz CT molecular complexity index is 629. The SMILES string of the molecule is [BH3-]C(CN)C[N+]12CCC(CC1)[C@H](OC[C@](O)(c1ccccc1)C1CCCC1)C2. The van der Waals surface area contributed by atoms with Gasteiger partial charge in [0.15, 0.2) is 0 Å². The van der Waals surface area contributed by atoms with Crippen molar-refractivity contribution in [3.05, 3.63) is 35.9 Å². The topological polar surface area (TPSA) is 55.5 Å². The quantitative estimate of drug-likeness (QED) is 0.529. The van der Waals surface area contributed by atoms with Crippen molar-refractivity contribution >= 4 is 7.85 Å². The molecule has 4 aliphatic rings.